The van der Waals surface area contributed by atoms with Gasteiger partial charge in [0.25, 0.3) is 5.56 Å². The summed E-state index contributed by atoms with van der Waals surface area (Å²) in [6.07, 6.45) is 1.55. The van der Waals surface area contributed by atoms with Crippen molar-refractivity contribution in [2.45, 2.75) is 52.1 Å². The van der Waals surface area contributed by atoms with Gasteiger partial charge in [-0.1, -0.05) is 133 Å². The molecule has 0 aliphatic heterocycles. The maximum absolute atomic E-state index is 15.1. The number of nitrogens with one attached hydrogen (secondary N) is 3. The van der Waals surface area contributed by atoms with E-state index in [1.807, 2.05) is 72.8 Å². The Kier molecular flexibility index (Phi) is 15.8. The molecular formula is C50H51N7O11P2. The van der Waals surface area contributed by atoms with Gasteiger partial charge < -0.3 is 28.8 Å². The smallest absolute Gasteiger partial charge is 0.459 e. The Hall–Kier alpha value is -7.17. The number of aromatic nitrogens is 4. The summed E-state index contributed by atoms with van der Waals surface area (Å²) in [6, 6.07) is 40.9. The Balaban J connectivity index is 1.08. The SMILES string of the molecule is C[C@H](NP(=O)(OCC(CCn1cnc2c(=O)[nH]c(N)nc21)COP(=O)(N[C@@H](C)C(=O)OCc1ccccc1)Oc1cccc2ccccc12)Oc1cccc2ccccc12)C(=O)OCc1ccccc1. The molecule has 0 saturated carbocycles. The number of esters is 2. The summed E-state index contributed by atoms with van der Waals surface area (Å²) in [6.45, 7) is 2.21. The number of hydrogen-bond acceptors (Lipinski definition) is 14. The number of imidazole rings is 1. The van der Waals surface area contributed by atoms with Crippen LogP contribution in [0.4, 0.5) is 5.95 Å². The minimum Gasteiger partial charge on any atom is -0.460 e. The van der Waals surface area contributed by atoms with E-state index in [4.69, 9.17) is 33.3 Å². The Bertz CT molecular complexity index is 3070. The van der Waals surface area contributed by atoms with E-state index in [0.29, 0.717) is 10.8 Å². The van der Waals surface area contributed by atoms with E-state index in [9.17, 15) is 14.4 Å². The molecule has 0 fully saturated rings. The van der Waals surface area contributed by atoms with Crippen molar-refractivity contribution in [2.75, 3.05) is 18.9 Å². The van der Waals surface area contributed by atoms with Gasteiger partial charge in [-0.2, -0.15) is 15.2 Å². The van der Waals surface area contributed by atoms with Crippen molar-refractivity contribution >= 4 is 66.1 Å². The first-order valence-corrected chi connectivity index (χ1v) is 25.4. The number of nitrogens with two attached hydrogens (primary N) is 1. The monoisotopic (exact) mass is 987 g/mol. The maximum atomic E-state index is 15.1. The Morgan fingerprint density at radius 1 is 0.657 bits per heavy atom. The molecular weight excluding hydrogens is 937 g/mol. The van der Waals surface area contributed by atoms with Crippen LogP contribution in [-0.4, -0.2) is 56.8 Å². The molecule has 0 aliphatic rings. The van der Waals surface area contributed by atoms with E-state index in [1.54, 1.807) is 77.4 Å². The number of benzene rings is 6. The normalized spacial score (nSPS) is 14.5. The highest BCUT2D eigenvalue weighted by Gasteiger charge is 2.37. The predicted octanol–water partition coefficient (Wildman–Crippen LogP) is 8.86. The summed E-state index contributed by atoms with van der Waals surface area (Å²) in [4.78, 5) is 50.4. The molecule has 18 nitrogen and oxygen atoms in total. The lowest BCUT2D eigenvalue weighted by Gasteiger charge is -2.27. The summed E-state index contributed by atoms with van der Waals surface area (Å²) < 4.78 is 68.0. The van der Waals surface area contributed by atoms with Crippen LogP contribution in [0.2, 0.25) is 0 Å². The third-order valence-electron chi connectivity index (χ3n) is 11.0. The first-order valence-electron chi connectivity index (χ1n) is 22.3. The second kappa shape index (κ2) is 22.5. The zero-order valence-corrected chi connectivity index (χ0v) is 40.0. The third-order valence-corrected chi connectivity index (χ3v) is 14.3. The number of hydrogen-bond donors (Lipinski definition) is 4. The number of nitrogens with zero attached hydrogens (tertiary/aromatic N) is 3. The number of aromatic amines is 1. The molecule has 2 aromatic heterocycles. The van der Waals surface area contributed by atoms with Gasteiger partial charge in [0.15, 0.2) is 11.2 Å². The number of fused-ring (bicyclic) bond motifs is 3. The molecule has 0 amide bonds. The molecule has 2 heterocycles. The van der Waals surface area contributed by atoms with Gasteiger partial charge in [-0.3, -0.25) is 28.4 Å². The summed E-state index contributed by atoms with van der Waals surface area (Å²) >= 11 is 0. The fourth-order valence-corrected chi connectivity index (χ4v) is 10.5. The van der Waals surface area contributed by atoms with Crippen molar-refractivity contribution in [1.29, 1.82) is 0 Å². The van der Waals surface area contributed by atoms with Crippen molar-refractivity contribution in [3.8, 4) is 11.5 Å². The van der Waals surface area contributed by atoms with Crippen LogP contribution in [-0.2, 0) is 57.0 Å². The first-order chi connectivity index (χ1) is 33.8. The van der Waals surface area contributed by atoms with Gasteiger partial charge in [0, 0.05) is 23.2 Å². The molecule has 4 atom stereocenters. The Morgan fingerprint density at radius 2 is 1.11 bits per heavy atom. The molecule has 5 N–H and O–H groups in total. The molecule has 0 spiro atoms. The van der Waals surface area contributed by atoms with Gasteiger partial charge >= 0.3 is 27.4 Å². The van der Waals surface area contributed by atoms with Gasteiger partial charge in [-0.05, 0) is 54.3 Å². The summed E-state index contributed by atoms with van der Waals surface area (Å²) in [5, 5.41) is 8.36. The number of nitrogen functional groups attached to an aromatic ring is 1. The minimum atomic E-state index is -4.53. The van der Waals surface area contributed by atoms with Gasteiger partial charge in [-0.15, -0.1) is 0 Å². The molecule has 0 aliphatic carbocycles. The molecule has 6 aromatic carbocycles. The van der Waals surface area contributed by atoms with Crippen LogP contribution in [0.1, 0.15) is 31.4 Å². The lowest BCUT2D eigenvalue weighted by Crippen LogP contribution is -2.36. The first kappa shape index (κ1) is 49.3. The van der Waals surface area contributed by atoms with Gasteiger partial charge in [-0.25, -0.2) is 14.1 Å². The fraction of sp³-hybridized carbons (Fsp3) is 0.220. The number of anilines is 1. The van der Waals surface area contributed by atoms with Crippen molar-refractivity contribution in [1.82, 2.24) is 29.7 Å². The van der Waals surface area contributed by atoms with E-state index >= 15 is 9.13 Å². The highest BCUT2D eigenvalue weighted by atomic mass is 31.2. The standard InChI is InChI=1S/C50H51N7O11P2/c1-34(48(59)63-29-36-15-5-3-6-16-36)55-69(61,67-43-25-13-21-39-19-9-11-23-41(39)43)65-31-38(27-28-57-33-52-45-46(57)53-50(51)54-47(45)58)32-66-70(62,68-44-26-14-22-40-20-10-12-24-42(40)44)56-35(2)49(60)64-30-37-17-7-4-8-18-37/h3-26,33-35,38H,27-32H2,1-2H3,(H,55,61)(H,56,62)(H3,51,53,54,58)/t34-,35-,38?,69?,70?/m0/s1. The molecule has 362 valence electrons. The van der Waals surface area contributed by atoms with Gasteiger partial charge in [0.05, 0.1) is 19.5 Å². The summed E-state index contributed by atoms with van der Waals surface area (Å²) in [5.41, 5.74) is 7.11. The topological polar surface area (TPSA) is 237 Å². The average Bonchev–Trinajstić information content (AvgIpc) is 3.78. The number of ether oxygens (including phenoxy) is 2. The molecule has 2 unspecified atom stereocenters. The van der Waals surface area contributed by atoms with E-state index in [0.717, 1.165) is 21.9 Å². The van der Waals surface area contributed by atoms with E-state index in [-0.39, 0.29) is 54.8 Å². The molecule has 0 bridgehead atoms. The molecule has 20 heteroatoms. The van der Waals surface area contributed by atoms with Crippen LogP contribution in [0.25, 0.3) is 32.7 Å². The zero-order valence-electron chi connectivity index (χ0n) is 38.2. The maximum Gasteiger partial charge on any atom is 0.459 e. The van der Waals surface area contributed by atoms with Crippen LogP contribution in [0.15, 0.2) is 157 Å². The summed E-state index contributed by atoms with van der Waals surface area (Å²) in [5.74, 6) is -1.97. The predicted molar refractivity (Wildman–Crippen MR) is 265 cm³/mol. The van der Waals surface area contributed by atoms with Crippen molar-refractivity contribution in [2.24, 2.45) is 5.92 Å². The second-order valence-corrected chi connectivity index (χ2v) is 19.7. The Morgan fingerprint density at radius 3 is 1.61 bits per heavy atom. The third kappa shape index (κ3) is 12.7. The average molecular weight is 988 g/mol. The lowest BCUT2D eigenvalue weighted by molar-refractivity contribution is -0.147. The van der Waals surface area contributed by atoms with Crippen LogP contribution < -0.4 is 30.5 Å². The van der Waals surface area contributed by atoms with Gasteiger partial charge in [0.2, 0.25) is 5.95 Å². The van der Waals surface area contributed by atoms with Crippen molar-refractivity contribution in [3.63, 3.8) is 0 Å². The van der Waals surface area contributed by atoms with E-state index < -0.39 is 64.2 Å². The second-order valence-electron chi connectivity index (χ2n) is 16.3. The highest BCUT2D eigenvalue weighted by Crippen LogP contribution is 2.49. The number of aryl methyl sites for hydroxylation is 1. The molecule has 70 heavy (non-hydrogen) atoms. The van der Waals surface area contributed by atoms with Gasteiger partial charge in [0.1, 0.15) is 36.8 Å². The zero-order chi connectivity index (χ0) is 49.1. The van der Waals surface area contributed by atoms with E-state index in [2.05, 4.69) is 25.1 Å². The number of rotatable bonds is 23. The largest absolute Gasteiger partial charge is 0.460 e. The van der Waals surface area contributed by atoms with Crippen molar-refractivity contribution in [3.05, 3.63) is 173 Å². The van der Waals surface area contributed by atoms with Crippen molar-refractivity contribution < 1.29 is 46.3 Å². The van der Waals surface area contributed by atoms with Crippen LogP contribution in [0.3, 0.4) is 0 Å². The quantitative estimate of drug-likeness (QED) is 0.0346. The van der Waals surface area contributed by atoms with E-state index in [1.165, 1.54) is 20.2 Å². The Labute approximate surface area is 402 Å². The molecule has 0 saturated heterocycles. The fourth-order valence-electron chi connectivity index (χ4n) is 7.35. The molecule has 8 rings (SSSR count). The van der Waals surface area contributed by atoms with Crippen LogP contribution in [0.5, 0.6) is 11.5 Å². The number of H-pyrrole nitrogens is 1. The highest BCUT2D eigenvalue weighted by molar-refractivity contribution is 7.52. The molecule has 0 radical (unpaired) electrons. The summed E-state index contributed by atoms with van der Waals surface area (Å²) in [7, 11) is -9.07. The number of carbonyl (C=O) groups excluding carboxylic acids is 2. The lowest BCUT2D eigenvalue weighted by atomic mass is 10.1. The number of carbonyl (C=O) groups is 2. The van der Waals surface area contributed by atoms with Crippen LogP contribution in [0, 0.1) is 5.92 Å². The molecule has 8 aromatic rings. The van der Waals surface area contributed by atoms with Crippen LogP contribution >= 0.6 is 15.5 Å². The minimum absolute atomic E-state index is 0.0337.